The zero-order chi connectivity index (χ0) is 19.7. The number of rotatable bonds is 3. The Hall–Kier alpha value is -2.19. The molecule has 0 unspecified atom stereocenters. The van der Waals surface area contributed by atoms with Crippen LogP contribution in [0.1, 0.15) is 38.7 Å². The maximum atomic E-state index is 12.4. The van der Waals surface area contributed by atoms with E-state index in [0.29, 0.717) is 32.4 Å². The summed E-state index contributed by atoms with van der Waals surface area (Å²) in [4.78, 5) is 25.7. The van der Waals surface area contributed by atoms with Crippen molar-refractivity contribution in [2.24, 2.45) is 7.05 Å². The van der Waals surface area contributed by atoms with Gasteiger partial charge >= 0.3 is 0 Å². The molecule has 0 radical (unpaired) electrons. The predicted octanol–water partition coefficient (Wildman–Crippen LogP) is 0.471. The molecule has 3 heterocycles. The summed E-state index contributed by atoms with van der Waals surface area (Å²) in [6.07, 6.45) is 8.81. The van der Waals surface area contributed by atoms with E-state index >= 15 is 0 Å². The molecule has 2 aliphatic rings. The number of hydrogen-bond donors (Lipinski definition) is 2. The van der Waals surface area contributed by atoms with E-state index in [0.717, 1.165) is 5.56 Å². The number of carbonyl (C=O) groups excluding carboxylic acids is 2. The minimum Gasteiger partial charge on any atom is -0.386 e. The van der Waals surface area contributed by atoms with E-state index in [1.165, 1.54) is 6.92 Å². The number of amides is 2. The number of aryl methyl sites for hydroxylation is 1. The molecule has 8 heteroatoms. The highest BCUT2D eigenvalue weighted by molar-refractivity contribution is 5.91. The fourth-order valence-corrected chi connectivity index (χ4v) is 3.78. The molecule has 3 rings (SSSR count). The molecule has 8 nitrogen and oxygen atoms in total. The smallest absolute Gasteiger partial charge is 0.246 e. The number of ether oxygens (including phenoxy) is 1. The summed E-state index contributed by atoms with van der Waals surface area (Å²) in [5.41, 5.74) is -0.606. The summed E-state index contributed by atoms with van der Waals surface area (Å²) in [7, 11) is 1.83. The average molecular weight is 376 g/mol. The lowest BCUT2D eigenvalue weighted by Gasteiger charge is -2.50. The van der Waals surface area contributed by atoms with Gasteiger partial charge in [0, 0.05) is 44.9 Å². The van der Waals surface area contributed by atoms with E-state index in [4.69, 9.17) is 4.74 Å². The van der Waals surface area contributed by atoms with Crippen LogP contribution in [0.2, 0.25) is 0 Å². The van der Waals surface area contributed by atoms with Crippen molar-refractivity contribution in [3.63, 3.8) is 0 Å². The van der Waals surface area contributed by atoms with Gasteiger partial charge in [0.25, 0.3) is 0 Å². The Morgan fingerprint density at radius 3 is 2.70 bits per heavy atom. The van der Waals surface area contributed by atoms with Crippen LogP contribution < -0.4 is 5.32 Å². The number of aliphatic hydroxyl groups is 1. The number of nitrogens with one attached hydrogen (secondary N) is 1. The number of likely N-dealkylation sites (tertiary alicyclic amines) is 1. The summed E-state index contributed by atoms with van der Waals surface area (Å²) >= 11 is 0. The Kier molecular flexibility index (Phi) is 5.39. The Morgan fingerprint density at radius 2 is 2.11 bits per heavy atom. The highest BCUT2D eigenvalue weighted by Crippen LogP contribution is 2.38. The molecule has 27 heavy (non-hydrogen) atoms. The van der Waals surface area contributed by atoms with Gasteiger partial charge in [-0.2, -0.15) is 5.10 Å². The zero-order valence-corrected chi connectivity index (χ0v) is 16.1. The monoisotopic (exact) mass is 376 g/mol. The maximum Gasteiger partial charge on any atom is 0.246 e. The molecule has 2 saturated heterocycles. The molecule has 0 saturated carbocycles. The van der Waals surface area contributed by atoms with Gasteiger partial charge < -0.3 is 20.1 Å². The molecule has 2 atom stereocenters. The van der Waals surface area contributed by atoms with Crippen molar-refractivity contribution in [2.75, 3.05) is 19.7 Å². The van der Waals surface area contributed by atoms with Crippen molar-refractivity contribution in [3.8, 4) is 0 Å². The topological polar surface area (TPSA) is 96.7 Å². The predicted molar refractivity (Wildman–Crippen MR) is 99.6 cm³/mol. The fraction of sp³-hybridized carbons (Fsp3) is 0.632. The van der Waals surface area contributed by atoms with Crippen LogP contribution in [0.25, 0.3) is 6.08 Å². The van der Waals surface area contributed by atoms with Crippen molar-refractivity contribution < 1.29 is 19.4 Å². The Balaban J connectivity index is 1.58. The average Bonchev–Trinajstić information content (AvgIpc) is 3.02. The third kappa shape index (κ3) is 4.56. The lowest BCUT2D eigenvalue weighted by molar-refractivity contribution is -0.193. The summed E-state index contributed by atoms with van der Waals surface area (Å²) < 4.78 is 7.72. The number of carbonyl (C=O) groups is 2. The van der Waals surface area contributed by atoms with Gasteiger partial charge in [-0.05, 0) is 32.3 Å². The van der Waals surface area contributed by atoms with Gasteiger partial charge in [-0.15, -0.1) is 0 Å². The van der Waals surface area contributed by atoms with E-state index in [2.05, 4.69) is 10.4 Å². The van der Waals surface area contributed by atoms with Crippen LogP contribution in [0.15, 0.2) is 18.5 Å². The second kappa shape index (κ2) is 7.44. The van der Waals surface area contributed by atoms with Crippen molar-refractivity contribution in [1.29, 1.82) is 0 Å². The van der Waals surface area contributed by atoms with Gasteiger partial charge in [-0.25, -0.2) is 0 Å². The molecule has 2 N–H and O–H groups in total. The van der Waals surface area contributed by atoms with Crippen molar-refractivity contribution in [2.45, 2.75) is 50.4 Å². The summed E-state index contributed by atoms with van der Waals surface area (Å²) in [5.74, 6) is -0.194. The Bertz CT molecular complexity index is 732. The zero-order valence-electron chi connectivity index (χ0n) is 16.1. The Labute approximate surface area is 159 Å². The van der Waals surface area contributed by atoms with Crippen LogP contribution in [0.5, 0.6) is 0 Å². The molecule has 2 amide bonds. The van der Waals surface area contributed by atoms with Crippen LogP contribution in [-0.4, -0.2) is 68.5 Å². The van der Waals surface area contributed by atoms with Crippen molar-refractivity contribution in [1.82, 2.24) is 20.0 Å². The van der Waals surface area contributed by atoms with Crippen LogP contribution in [0.3, 0.4) is 0 Å². The molecular formula is C19H28N4O4. The number of hydrogen-bond acceptors (Lipinski definition) is 5. The van der Waals surface area contributed by atoms with Crippen LogP contribution >= 0.6 is 0 Å². The summed E-state index contributed by atoms with van der Waals surface area (Å²) in [5, 5.41) is 17.4. The third-order valence-electron chi connectivity index (χ3n) is 5.50. The lowest BCUT2D eigenvalue weighted by Crippen LogP contribution is -2.63. The number of nitrogens with zero attached hydrogens (tertiary/aromatic N) is 3. The number of piperidine rings is 1. The lowest BCUT2D eigenvalue weighted by atomic mass is 9.77. The van der Waals surface area contributed by atoms with E-state index in [-0.39, 0.29) is 24.5 Å². The van der Waals surface area contributed by atoms with Gasteiger partial charge in [0.1, 0.15) is 5.60 Å². The van der Waals surface area contributed by atoms with Crippen molar-refractivity contribution >= 4 is 17.9 Å². The molecule has 0 bridgehead atoms. The maximum absolute atomic E-state index is 12.4. The molecule has 148 valence electrons. The molecule has 1 aromatic rings. The largest absolute Gasteiger partial charge is 0.386 e. The first kappa shape index (κ1) is 19.6. The van der Waals surface area contributed by atoms with Gasteiger partial charge in [0.2, 0.25) is 11.8 Å². The van der Waals surface area contributed by atoms with E-state index in [9.17, 15) is 14.7 Å². The number of aromatic nitrogens is 2. The third-order valence-corrected chi connectivity index (χ3v) is 5.50. The van der Waals surface area contributed by atoms with Gasteiger partial charge in [0.15, 0.2) is 0 Å². The summed E-state index contributed by atoms with van der Waals surface area (Å²) in [6, 6.07) is -0.350. The highest BCUT2D eigenvalue weighted by Gasteiger charge is 2.48. The first-order chi connectivity index (χ1) is 12.7. The normalized spacial score (nSPS) is 27.9. The molecule has 2 aliphatic heterocycles. The van der Waals surface area contributed by atoms with Crippen LogP contribution in [-0.2, 0) is 21.4 Å². The van der Waals surface area contributed by atoms with E-state index in [1.54, 1.807) is 30.0 Å². The molecule has 1 aromatic heterocycles. The quantitative estimate of drug-likeness (QED) is 0.748. The molecular weight excluding hydrogens is 348 g/mol. The molecule has 2 fully saturated rings. The minimum absolute atomic E-state index is 0.0325. The van der Waals surface area contributed by atoms with Gasteiger partial charge in [-0.3, -0.25) is 14.3 Å². The second-order valence-electron chi connectivity index (χ2n) is 7.89. The first-order valence-corrected chi connectivity index (χ1v) is 9.28. The second-order valence-corrected chi connectivity index (χ2v) is 7.89. The van der Waals surface area contributed by atoms with Crippen LogP contribution in [0.4, 0.5) is 0 Å². The van der Waals surface area contributed by atoms with Gasteiger partial charge in [-0.1, -0.05) is 0 Å². The summed E-state index contributed by atoms with van der Waals surface area (Å²) in [6.45, 7) is 4.49. The van der Waals surface area contributed by atoms with Gasteiger partial charge in [0.05, 0.1) is 24.4 Å². The molecule has 0 aromatic carbocycles. The van der Waals surface area contributed by atoms with Crippen LogP contribution in [0, 0.1) is 0 Å². The standard InChI is InChI=1S/C19H28N4O4/c1-14(24)21-16-10-19(27-13-18(16,2)26)6-8-23(9-7-19)17(25)5-4-15-11-20-22(3)12-15/h4-5,11-12,16,26H,6-10,13H2,1-3H3,(H,21,24)/b5-4+/t16-,18-/m0/s1. The SMILES string of the molecule is CC(=O)N[C@H]1CC2(CCN(C(=O)/C=C/c3cnn(C)c3)CC2)OC[C@]1(C)O. The fourth-order valence-electron chi connectivity index (χ4n) is 3.78. The Morgan fingerprint density at radius 1 is 1.41 bits per heavy atom. The first-order valence-electron chi connectivity index (χ1n) is 9.28. The minimum atomic E-state index is -1.09. The molecule has 1 spiro atoms. The van der Waals surface area contributed by atoms with E-state index in [1.807, 2.05) is 18.1 Å². The highest BCUT2D eigenvalue weighted by atomic mass is 16.5. The van der Waals surface area contributed by atoms with Crippen molar-refractivity contribution in [3.05, 3.63) is 24.0 Å². The molecule has 0 aliphatic carbocycles. The van der Waals surface area contributed by atoms with E-state index < -0.39 is 11.2 Å².